The molecular formula is C38H24N4S. The molecule has 8 rings (SSSR count). The van der Waals surface area contributed by atoms with E-state index in [0.29, 0.717) is 0 Å². The molecule has 0 unspecified atom stereocenters. The highest BCUT2D eigenvalue weighted by molar-refractivity contribution is 7.26. The van der Waals surface area contributed by atoms with E-state index in [9.17, 15) is 0 Å². The molecule has 5 heteroatoms. The van der Waals surface area contributed by atoms with E-state index in [0.717, 1.165) is 45.0 Å². The SMILES string of the molecule is c1cncc(-c2cc(-c3cccc(-c4cccc(-c5cccc6c5sc5ccccc56)c4)n3)cc(-c3cccnc3)n2)c1. The van der Waals surface area contributed by atoms with Crippen LogP contribution in [-0.2, 0) is 0 Å². The number of fused-ring (bicyclic) bond motifs is 3. The number of thiophene rings is 1. The first-order chi connectivity index (χ1) is 21.3. The van der Waals surface area contributed by atoms with E-state index >= 15 is 0 Å². The lowest BCUT2D eigenvalue weighted by Crippen LogP contribution is -1.94. The molecule has 3 aromatic carbocycles. The summed E-state index contributed by atoms with van der Waals surface area (Å²) in [5, 5.41) is 2.61. The zero-order valence-electron chi connectivity index (χ0n) is 23.1. The summed E-state index contributed by atoms with van der Waals surface area (Å²) in [4.78, 5) is 18.8. The van der Waals surface area contributed by atoms with Crippen LogP contribution in [0.5, 0.6) is 0 Å². The van der Waals surface area contributed by atoms with Gasteiger partial charge in [-0.2, -0.15) is 0 Å². The van der Waals surface area contributed by atoms with Gasteiger partial charge in [0.15, 0.2) is 0 Å². The maximum atomic E-state index is 5.16. The normalized spacial score (nSPS) is 11.3. The van der Waals surface area contributed by atoms with Crippen LogP contribution in [0.4, 0.5) is 0 Å². The third-order valence-electron chi connectivity index (χ3n) is 7.66. The molecule has 202 valence electrons. The molecule has 0 spiro atoms. The maximum Gasteiger partial charge on any atom is 0.0731 e. The van der Waals surface area contributed by atoms with Crippen molar-refractivity contribution in [3.05, 3.63) is 146 Å². The molecule has 0 bridgehead atoms. The monoisotopic (exact) mass is 568 g/mol. The van der Waals surface area contributed by atoms with Gasteiger partial charge in [-0.15, -0.1) is 11.3 Å². The number of nitrogens with zero attached hydrogens (tertiary/aromatic N) is 4. The molecule has 8 aromatic rings. The fourth-order valence-electron chi connectivity index (χ4n) is 5.58. The molecule has 0 saturated heterocycles. The van der Waals surface area contributed by atoms with Gasteiger partial charge in [0.2, 0.25) is 0 Å². The van der Waals surface area contributed by atoms with Crippen LogP contribution < -0.4 is 0 Å². The molecular weight excluding hydrogens is 545 g/mol. The van der Waals surface area contributed by atoms with Crippen LogP contribution in [0.3, 0.4) is 0 Å². The number of hydrogen-bond donors (Lipinski definition) is 0. The largest absolute Gasteiger partial charge is 0.264 e. The van der Waals surface area contributed by atoms with E-state index in [-0.39, 0.29) is 0 Å². The van der Waals surface area contributed by atoms with Crippen molar-refractivity contribution in [1.29, 1.82) is 0 Å². The number of rotatable bonds is 5. The van der Waals surface area contributed by atoms with Gasteiger partial charge >= 0.3 is 0 Å². The second-order valence-corrected chi connectivity index (χ2v) is 11.4. The Balaban J connectivity index is 1.22. The predicted octanol–water partition coefficient (Wildman–Crippen LogP) is 9.97. The van der Waals surface area contributed by atoms with Crippen molar-refractivity contribution in [2.24, 2.45) is 0 Å². The van der Waals surface area contributed by atoms with Gasteiger partial charge in [0.05, 0.1) is 22.8 Å². The zero-order valence-corrected chi connectivity index (χ0v) is 23.9. The Kier molecular flexibility index (Phi) is 6.28. The molecule has 0 atom stereocenters. The Morgan fingerprint density at radius 3 is 1.77 bits per heavy atom. The molecule has 0 aliphatic rings. The molecule has 5 aromatic heterocycles. The van der Waals surface area contributed by atoms with Gasteiger partial charge in [0, 0.05) is 67.2 Å². The van der Waals surface area contributed by atoms with Crippen molar-refractivity contribution in [2.45, 2.75) is 0 Å². The molecule has 0 saturated carbocycles. The summed E-state index contributed by atoms with van der Waals surface area (Å²) in [6.45, 7) is 0. The van der Waals surface area contributed by atoms with Crippen molar-refractivity contribution in [2.75, 3.05) is 0 Å². The van der Waals surface area contributed by atoms with Crippen molar-refractivity contribution < 1.29 is 0 Å². The van der Waals surface area contributed by atoms with Crippen molar-refractivity contribution in [3.63, 3.8) is 0 Å². The summed E-state index contributed by atoms with van der Waals surface area (Å²) in [6, 6.07) is 42.2. The summed E-state index contributed by atoms with van der Waals surface area (Å²) < 4.78 is 2.62. The van der Waals surface area contributed by atoms with Crippen LogP contribution in [0.1, 0.15) is 0 Å². The Morgan fingerprint density at radius 2 is 1.02 bits per heavy atom. The second-order valence-electron chi connectivity index (χ2n) is 10.4. The lowest BCUT2D eigenvalue weighted by atomic mass is 9.99. The van der Waals surface area contributed by atoms with Gasteiger partial charge in [0.25, 0.3) is 0 Å². The number of pyridine rings is 4. The van der Waals surface area contributed by atoms with E-state index in [4.69, 9.17) is 9.97 Å². The second kappa shape index (κ2) is 10.7. The van der Waals surface area contributed by atoms with E-state index in [1.165, 1.54) is 31.3 Å². The van der Waals surface area contributed by atoms with Crippen molar-refractivity contribution in [3.8, 4) is 56.2 Å². The molecule has 0 aliphatic heterocycles. The average Bonchev–Trinajstić information content (AvgIpc) is 3.48. The van der Waals surface area contributed by atoms with Gasteiger partial charge in [0.1, 0.15) is 0 Å². The quantitative estimate of drug-likeness (QED) is 0.207. The first kappa shape index (κ1) is 25.2. The van der Waals surface area contributed by atoms with Crippen molar-refractivity contribution >= 4 is 31.5 Å². The third-order valence-corrected chi connectivity index (χ3v) is 8.88. The Hall–Kier alpha value is -5.52. The topological polar surface area (TPSA) is 51.6 Å². The van der Waals surface area contributed by atoms with Gasteiger partial charge in [-0.3, -0.25) is 9.97 Å². The molecule has 0 amide bonds. The third kappa shape index (κ3) is 4.76. The van der Waals surface area contributed by atoms with Gasteiger partial charge in [-0.1, -0.05) is 60.7 Å². The minimum Gasteiger partial charge on any atom is -0.264 e. The highest BCUT2D eigenvalue weighted by Crippen LogP contribution is 2.40. The molecule has 0 N–H and O–H groups in total. The van der Waals surface area contributed by atoms with Gasteiger partial charge in [-0.25, -0.2) is 9.97 Å². The maximum absolute atomic E-state index is 5.16. The smallest absolute Gasteiger partial charge is 0.0731 e. The van der Waals surface area contributed by atoms with Crippen LogP contribution in [0.25, 0.3) is 76.3 Å². The summed E-state index contributed by atoms with van der Waals surface area (Å²) in [5.41, 5.74) is 9.88. The minimum atomic E-state index is 0.843. The Bertz CT molecular complexity index is 2180. The minimum absolute atomic E-state index is 0.843. The summed E-state index contributed by atoms with van der Waals surface area (Å²) in [5.74, 6) is 0. The highest BCUT2D eigenvalue weighted by Gasteiger charge is 2.13. The van der Waals surface area contributed by atoms with Crippen LogP contribution in [0.15, 0.2) is 146 Å². The Labute approximate surface area is 253 Å². The predicted molar refractivity (Wildman–Crippen MR) is 178 cm³/mol. The molecule has 0 aliphatic carbocycles. The van der Waals surface area contributed by atoms with Crippen molar-refractivity contribution in [1.82, 2.24) is 19.9 Å². The van der Waals surface area contributed by atoms with Crippen LogP contribution in [-0.4, -0.2) is 19.9 Å². The van der Waals surface area contributed by atoms with E-state index < -0.39 is 0 Å². The number of hydrogen-bond acceptors (Lipinski definition) is 5. The zero-order chi connectivity index (χ0) is 28.6. The lowest BCUT2D eigenvalue weighted by Gasteiger charge is -2.11. The lowest BCUT2D eigenvalue weighted by molar-refractivity contribution is 1.25. The number of aromatic nitrogens is 4. The average molecular weight is 569 g/mol. The summed E-state index contributed by atoms with van der Waals surface area (Å²) in [7, 11) is 0. The highest BCUT2D eigenvalue weighted by atomic mass is 32.1. The molecule has 5 heterocycles. The Morgan fingerprint density at radius 1 is 0.419 bits per heavy atom. The van der Waals surface area contributed by atoms with Gasteiger partial charge in [-0.05, 0) is 71.8 Å². The van der Waals surface area contributed by atoms with Crippen LogP contribution in [0.2, 0.25) is 0 Å². The van der Waals surface area contributed by atoms with E-state index in [2.05, 4.69) is 107 Å². The molecule has 0 fully saturated rings. The first-order valence-corrected chi connectivity index (χ1v) is 14.9. The van der Waals surface area contributed by atoms with Crippen LogP contribution >= 0.6 is 11.3 Å². The summed E-state index contributed by atoms with van der Waals surface area (Å²) >= 11 is 1.85. The standard InChI is InChI=1S/C38H24N4S/c1-2-17-37-31(12-1)32-14-4-13-30(38(32)43-37)25-8-3-9-26(20-25)33-15-5-16-34(41-33)29-21-35(27-10-6-18-39-23-27)42-36(22-29)28-11-7-19-40-24-28/h1-24H. The van der Waals surface area contributed by atoms with E-state index in [1.807, 2.05) is 48.0 Å². The number of benzene rings is 3. The molecule has 4 nitrogen and oxygen atoms in total. The van der Waals surface area contributed by atoms with Gasteiger partial charge < -0.3 is 0 Å². The summed E-state index contributed by atoms with van der Waals surface area (Å²) in [6.07, 6.45) is 7.22. The molecule has 0 radical (unpaired) electrons. The van der Waals surface area contributed by atoms with E-state index in [1.54, 1.807) is 12.4 Å². The molecule has 43 heavy (non-hydrogen) atoms. The fourth-order valence-corrected chi connectivity index (χ4v) is 6.82. The van der Waals surface area contributed by atoms with Crippen LogP contribution in [0, 0.1) is 0 Å². The fraction of sp³-hybridized carbons (Fsp3) is 0. The first-order valence-electron chi connectivity index (χ1n) is 14.1.